The van der Waals surface area contributed by atoms with Crippen LogP contribution in [0, 0.1) is 0 Å². The van der Waals surface area contributed by atoms with Gasteiger partial charge < -0.3 is 15.3 Å². The largest absolute Gasteiger partial charge is 0.392 e. The maximum atomic E-state index is 13.7. The number of fused-ring (bicyclic) bond motifs is 2. The number of amides is 2. The van der Waals surface area contributed by atoms with E-state index in [9.17, 15) is 14.7 Å². The van der Waals surface area contributed by atoms with Gasteiger partial charge in [-0.1, -0.05) is 66.7 Å². The fourth-order valence-corrected chi connectivity index (χ4v) is 5.57. The Morgan fingerprint density at radius 3 is 2.28 bits per heavy atom. The molecule has 2 atom stereocenters. The molecule has 0 aliphatic carbocycles. The van der Waals surface area contributed by atoms with Gasteiger partial charge in [0.1, 0.15) is 0 Å². The summed E-state index contributed by atoms with van der Waals surface area (Å²) in [6.45, 7) is 1.88. The SMILES string of the molecule is Cl.O=C(Nc1ccc(C(=O)N2C[C@@H]3C[C@@H](O)CN3Cc3ccccc32)cc1)c1ccccc1-c1ccccc1. The summed E-state index contributed by atoms with van der Waals surface area (Å²) in [5.74, 6) is -0.294. The van der Waals surface area contributed by atoms with Crippen molar-refractivity contribution >= 4 is 35.6 Å². The monoisotopic (exact) mass is 539 g/mol. The molecular weight excluding hydrogens is 510 g/mol. The quantitative estimate of drug-likeness (QED) is 0.353. The van der Waals surface area contributed by atoms with Gasteiger partial charge in [0.25, 0.3) is 11.8 Å². The second-order valence-corrected chi connectivity index (χ2v) is 9.96. The van der Waals surface area contributed by atoms with Crippen molar-refractivity contribution in [3.63, 3.8) is 0 Å². The van der Waals surface area contributed by atoms with E-state index in [1.807, 2.05) is 77.7 Å². The molecule has 7 heteroatoms. The van der Waals surface area contributed by atoms with E-state index < -0.39 is 0 Å². The van der Waals surface area contributed by atoms with Gasteiger partial charge in [-0.2, -0.15) is 0 Å². The van der Waals surface area contributed by atoms with Crippen molar-refractivity contribution in [1.29, 1.82) is 0 Å². The summed E-state index contributed by atoms with van der Waals surface area (Å²) in [4.78, 5) is 31.0. The van der Waals surface area contributed by atoms with Crippen LogP contribution in [0.2, 0.25) is 0 Å². The normalized spacial score (nSPS) is 18.3. The van der Waals surface area contributed by atoms with Gasteiger partial charge in [0.2, 0.25) is 0 Å². The van der Waals surface area contributed by atoms with Gasteiger partial charge in [-0.15, -0.1) is 12.4 Å². The summed E-state index contributed by atoms with van der Waals surface area (Å²) in [6.07, 6.45) is 0.296. The molecule has 6 rings (SSSR count). The number of halogens is 1. The Hall–Kier alpha value is -3.97. The molecule has 0 bridgehead atoms. The molecule has 2 aliphatic heterocycles. The first-order chi connectivity index (χ1) is 18.6. The van der Waals surface area contributed by atoms with Crippen molar-refractivity contribution in [3.8, 4) is 11.1 Å². The Balaban J connectivity index is 0.00000308. The third-order valence-corrected chi connectivity index (χ3v) is 7.45. The standard InChI is InChI=1S/C32H29N3O3.ClH/c36-27-18-26-20-35(30-13-7-4-10-24(30)19-34(26)21-27)32(38)23-14-16-25(17-15-23)33-31(37)29-12-6-5-11-28(29)22-8-2-1-3-9-22;/h1-17,26-27,36H,18-21H2,(H,33,37);1H/t26-,27+;/m0./s1. The first kappa shape index (κ1) is 26.6. The van der Waals surface area contributed by atoms with E-state index in [0.717, 1.165) is 28.9 Å². The van der Waals surface area contributed by atoms with E-state index in [1.54, 1.807) is 24.3 Å². The van der Waals surface area contributed by atoms with Crippen LogP contribution in [0.15, 0.2) is 103 Å². The number of anilines is 2. The number of carbonyl (C=O) groups excluding carboxylic acids is 2. The average molecular weight is 540 g/mol. The zero-order chi connectivity index (χ0) is 26.1. The van der Waals surface area contributed by atoms with E-state index in [1.165, 1.54) is 0 Å². The third kappa shape index (κ3) is 5.45. The number of carbonyl (C=O) groups is 2. The number of hydrogen-bond donors (Lipinski definition) is 2. The highest BCUT2D eigenvalue weighted by atomic mass is 35.5. The number of rotatable bonds is 4. The lowest BCUT2D eigenvalue weighted by Gasteiger charge is -2.26. The molecular formula is C32H30ClN3O3. The number of benzene rings is 4. The second kappa shape index (κ2) is 11.4. The molecule has 1 saturated heterocycles. The van der Waals surface area contributed by atoms with Gasteiger partial charge in [-0.3, -0.25) is 14.5 Å². The summed E-state index contributed by atoms with van der Waals surface area (Å²) < 4.78 is 0. The summed E-state index contributed by atoms with van der Waals surface area (Å²) >= 11 is 0. The molecule has 0 radical (unpaired) electrons. The lowest BCUT2D eigenvalue weighted by atomic mass is 9.99. The van der Waals surface area contributed by atoms with Gasteiger partial charge >= 0.3 is 0 Å². The van der Waals surface area contributed by atoms with Crippen LogP contribution < -0.4 is 10.2 Å². The van der Waals surface area contributed by atoms with Crippen molar-refractivity contribution in [2.24, 2.45) is 0 Å². The number of aliphatic hydroxyl groups excluding tert-OH is 1. The summed E-state index contributed by atoms with van der Waals surface area (Å²) in [5.41, 5.74) is 5.59. The second-order valence-electron chi connectivity index (χ2n) is 9.96. The predicted molar refractivity (Wildman–Crippen MR) is 156 cm³/mol. The molecule has 4 aromatic carbocycles. The molecule has 2 heterocycles. The molecule has 2 aliphatic rings. The molecule has 4 aromatic rings. The minimum atomic E-state index is -0.364. The number of para-hydroxylation sites is 1. The highest BCUT2D eigenvalue weighted by molar-refractivity contribution is 6.10. The Labute approximate surface area is 234 Å². The van der Waals surface area contributed by atoms with Crippen LogP contribution in [0.3, 0.4) is 0 Å². The van der Waals surface area contributed by atoms with Crippen LogP contribution in [0.4, 0.5) is 11.4 Å². The van der Waals surface area contributed by atoms with Crippen LogP contribution in [-0.2, 0) is 6.54 Å². The van der Waals surface area contributed by atoms with E-state index >= 15 is 0 Å². The van der Waals surface area contributed by atoms with Gasteiger partial charge in [0.15, 0.2) is 0 Å². The van der Waals surface area contributed by atoms with Crippen LogP contribution in [0.25, 0.3) is 11.1 Å². The Morgan fingerprint density at radius 1 is 0.795 bits per heavy atom. The third-order valence-electron chi connectivity index (χ3n) is 7.45. The first-order valence-corrected chi connectivity index (χ1v) is 12.9. The van der Waals surface area contributed by atoms with Gasteiger partial charge in [-0.05, 0) is 59.5 Å². The number of aliphatic hydroxyl groups is 1. The number of hydrogen-bond acceptors (Lipinski definition) is 4. The van der Waals surface area contributed by atoms with Crippen LogP contribution in [0.5, 0.6) is 0 Å². The molecule has 2 N–H and O–H groups in total. The summed E-state index contributed by atoms with van der Waals surface area (Å²) in [5, 5.41) is 13.2. The smallest absolute Gasteiger partial charge is 0.258 e. The lowest BCUT2D eigenvalue weighted by molar-refractivity contribution is 0.0980. The minimum absolute atomic E-state index is 0. The predicted octanol–water partition coefficient (Wildman–Crippen LogP) is 5.62. The van der Waals surface area contributed by atoms with Crippen LogP contribution >= 0.6 is 12.4 Å². The Bertz CT molecular complexity index is 1480. The molecule has 0 aromatic heterocycles. The summed E-state index contributed by atoms with van der Waals surface area (Å²) in [6, 6.07) is 32.5. The fourth-order valence-electron chi connectivity index (χ4n) is 5.57. The fraction of sp³-hybridized carbons (Fsp3) is 0.188. The van der Waals surface area contributed by atoms with Gasteiger partial charge in [0, 0.05) is 48.2 Å². The Morgan fingerprint density at radius 2 is 1.49 bits per heavy atom. The zero-order valence-electron chi connectivity index (χ0n) is 21.4. The molecule has 0 unspecified atom stereocenters. The topological polar surface area (TPSA) is 72.9 Å². The molecule has 39 heavy (non-hydrogen) atoms. The van der Waals surface area contributed by atoms with Crippen LogP contribution in [-0.4, -0.2) is 47.1 Å². The van der Waals surface area contributed by atoms with Crippen molar-refractivity contribution in [2.45, 2.75) is 25.1 Å². The molecule has 198 valence electrons. The molecule has 2 amide bonds. The van der Waals surface area contributed by atoms with Crippen molar-refractivity contribution in [1.82, 2.24) is 4.90 Å². The van der Waals surface area contributed by atoms with Gasteiger partial charge in [0.05, 0.1) is 6.10 Å². The van der Waals surface area contributed by atoms with Crippen LogP contribution in [0.1, 0.15) is 32.7 Å². The summed E-state index contributed by atoms with van der Waals surface area (Å²) in [7, 11) is 0. The highest BCUT2D eigenvalue weighted by Gasteiger charge is 2.37. The van der Waals surface area contributed by atoms with E-state index in [2.05, 4.69) is 16.3 Å². The van der Waals surface area contributed by atoms with E-state index in [4.69, 9.17) is 0 Å². The van der Waals surface area contributed by atoms with Crippen molar-refractivity contribution in [2.75, 3.05) is 23.3 Å². The number of nitrogens with one attached hydrogen (secondary N) is 1. The first-order valence-electron chi connectivity index (χ1n) is 12.9. The molecule has 6 nitrogen and oxygen atoms in total. The van der Waals surface area contributed by atoms with E-state index in [0.29, 0.717) is 36.3 Å². The maximum Gasteiger partial charge on any atom is 0.258 e. The molecule has 0 saturated carbocycles. The highest BCUT2D eigenvalue weighted by Crippen LogP contribution is 2.33. The number of nitrogens with zero attached hydrogens (tertiary/aromatic N) is 2. The van der Waals surface area contributed by atoms with Gasteiger partial charge in [-0.25, -0.2) is 0 Å². The van der Waals surface area contributed by atoms with Crippen molar-refractivity contribution in [3.05, 3.63) is 120 Å². The minimum Gasteiger partial charge on any atom is -0.392 e. The van der Waals surface area contributed by atoms with Crippen molar-refractivity contribution < 1.29 is 14.7 Å². The maximum absolute atomic E-state index is 13.7. The zero-order valence-corrected chi connectivity index (χ0v) is 22.2. The van der Waals surface area contributed by atoms with E-state index in [-0.39, 0.29) is 36.4 Å². The molecule has 1 fully saturated rings. The lowest BCUT2D eigenvalue weighted by Crippen LogP contribution is -2.40. The Kier molecular flexibility index (Phi) is 7.79. The molecule has 0 spiro atoms. The average Bonchev–Trinajstić information content (AvgIpc) is 3.23.